The molecule has 1 N–H and O–H groups in total. The lowest BCUT2D eigenvalue weighted by Crippen LogP contribution is -2.52. The van der Waals surface area contributed by atoms with Crippen molar-refractivity contribution in [1.82, 2.24) is 4.98 Å². The summed E-state index contributed by atoms with van der Waals surface area (Å²) in [6.07, 6.45) is 1.18. The molecule has 0 bridgehead atoms. The molecule has 7 nitrogen and oxygen atoms in total. The standard InChI is InChI=1S/C12H17N3O4.2C2H6/c1-12(2,16)10-8-14(5-6-19-10)9-3-4-11(13-7-9)15(17)18;2*1-2/h3-4,7,10,16H,5-6,8H2,1-2H3;2*1-2H3. The summed E-state index contributed by atoms with van der Waals surface area (Å²) in [6, 6.07) is 3.04. The van der Waals surface area contributed by atoms with Crippen LogP contribution in [0.25, 0.3) is 0 Å². The molecule has 0 aliphatic carbocycles. The van der Waals surface area contributed by atoms with Gasteiger partial charge in [0.05, 0.1) is 17.9 Å². The van der Waals surface area contributed by atoms with Crippen LogP contribution in [0.15, 0.2) is 18.3 Å². The second-order valence-electron chi connectivity index (χ2n) is 5.09. The van der Waals surface area contributed by atoms with Gasteiger partial charge in [-0.05, 0) is 29.8 Å². The van der Waals surface area contributed by atoms with Crippen molar-refractivity contribution >= 4 is 11.5 Å². The van der Waals surface area contributed by atoms with Crippen LogP contribution < -0.4 is 4.90 Å². The van der Waals surface area contributed by atoms with Gasteiger partial charge in [-0.3, -0.25) is 0 Å². The Bertz CT molecular complexity index is 457. The molecule has 1 aliphatic heterocycles. The zero-order valence-electron chi connectivity index (χ0n) is 14.9. The van der Waals surface area contributed by atoms with Gasteiger partial charge in [0.15, 0.2) is 6.20 Å². The van der Waals surface area contributed by atoms with Gasteiger partial charge in [-0.1, -0.05) is 27.7 Å². The molecule has 132 valence electrons. The molecule has 1 aromatic rings. The van der Waals surface area contributed by atoms with Crippen LogP contribution in [0.4, 0.5) is 11.5 Å². The summed E-state index contributed by atoms with van der Waals surface area (Å²) >= 11 is 0. The molecular weight excluding hydrogens is 298 g/mol. The molecule has 0 radical (unpaired) electrons. The molecule has 1 atom stereocenters. The monoisotopic (exact) mass is 327 g/mol. The summed E-state index contributed by atoms with van der Waals surface area (Å²) in [7, 11) is 0. The predicted octanol–water partition coefficient (Wildman–Crippen LogP) is 3.02. The lowest BCUT2D eigenvalue weighted by atomic mass is 10.00. The highest BCUT2D eigenvalue weighted by Crippen LogP contribution is 2.23. The molecule has 1 unspecified atom stereocenters. The highest BCUT2D eigenvalue weighted by molar-refractivity contribution is 5.47. The zero-order valence-corrected chi connectivity index (χ0v) is 14.9. The van der Waals surface area contributed by atoms with E-state index in [4.69, 9.17) is 4.74 Å². The molecule has 23 heavy (non-hydrogen) atoms. The van der Waals surface area contributed by atoms with Gasteiger partial charge in [0.2, 0.25) is 0 Å². The first-order valence-corrected chi connectivity index (χ1v) is 8.07. The van der Waals surface area contributed by atoms with E-state index in [9.17, 15) is 15.2 Å². The number of nitro groups is 1. The van der Waals surface area contributed by atoms with E-state index in [1.54, 1.807) is 19.9 Å². The van der Waals surface area contributed by atoms with Crippen molar-refractivity contribution in [2.75, 3.05) is 24.6 Å². The minimum Gasteiger partial charge on any atom is -0.388 e. The molecule has 0 amide bonds. The summed E-state index contributed by atoms with van der Waals surface area (Å²) in [5, 5.41) is 20.5. The highest BCUT2D eigenvalue weighted by atomic mass is 16.6. The summed E-state index contributed by atoms with van der Waals surface area (Å²) in [4.78, 5) is 15.8. The van der Waals surface area contributed by atoms with Crippen LogP contribution >= 0.6 is 0 Å². The Balaban J connectivity index is 0.00000112. The Morgan fingerprint density at radius 1 is 1.35 bits per heavy atom. The van der Waals surface area contributed by atoms with E-state index in [-0.39, 0.29) is 11.9 Å². The molecule has 2 rings (SSSR count). The molecule has 1 aliphatic rings. The van der Waals surface area contributed by atoms with Crippen LogP contribution in [0.5, 0.6) is 0 Å². The van der Waals surface area contributed by atoms with Crippen LogP contribution in [0.3, 0.4) is 0 Å². The maximum absolute atomic E-state index is 10.5. The van der Waals surface area contributed by atoms with Crippen LogP contribution in [0.2, 0.25) is 0 Å². The summed E-state index contributed by atoms with van der Waals surface area (Å²) in [5.74, 6) is -0.170. The van der Waals surface area contributed by atoms with Crippen molar-refractivity contribution in [3.05, 3.63) is 28.4 Å². The summed E-state index contributed by atoms with van der Waals surface area (Å²) in [5.41, 5.74) is -0.129. The third-order valence-corrected chi connectivity index (χ3v) is 3.14. The van der Waals surface area contributed by atoms with E-state index < -0.39 is 10.5 Å². The predicted molar refractivity (Wildman–Crippen MR) is 91.8 cm³/mol. The lowest BCUT2D eigenvalue weighted by molar-refractivity contribution is -0.389. The van der Waals surface area contributed by atoms with Crippen LogP contribution in [0, 0.1) is 10.1 Å². The summed E-state index contributed by atoms with van der Waals surface area (Å²) < 4.78 is 5.54. The number of morpholine rings is 1. The zero-order chi connectivity index (χ0) is 18.0. The van der Waals surface area contributed by atoms with Gasteiger partial charge in [0.1, 0.15) is 6.10 Å². The van der Waals surface area contributed by atoms with E-state index in [1.165, 1.54) is 12.3 Å². The van der Waals surface area contributed by atoms with Gasteiger partial charge >= 0.3 is 5.82 Å². The molecule has 2 heterocycles. The molecule has 0 spiro atoms. The number of aliphatic hydroxyl groups is 1. The van der Waals surface area contributed by atoms with Crippen molar-refractivity contribution in [3.8, 4) is 0 Å². The van der Waals surface area contributed by atoms with E-state index in [0.717, 1.165) is 5.69 Å². The van der Waals surface area contributed by atoms with Gasteiger partial charge in [0, 0.05) is 19.2 Å². The molecule has 7 heteroatoms. The van der Waals surface area contributed by atoms with E-state index in [0.29, 0.717) is 19.7 Å². The Hall–Kier alpha value is -1.73. The van der Waals surface area contributed by atoms with Crippen LogP contribution in [-0.4, -0.2) is 46.4 Å². The van der Waals surface area contributed by atoms with Crippen molar-refractivity contribution in [2.45, 2.75) is 53.2 Å². The molecular formula is C16H29N3O4. The molecule has 1 fully saturated rings. The van der Waals surface area contributed by atoms with Gasteiger partial charge in [-0.2, -0.15) is 0 Å². The van der Waals surface area contributed by atoms with E-state index in [2.05, 4.69) is 4.98 Å². The molecule has 1 saturated heterocycles. The van der Waals surface area contributed by atoms with Crippen molar-refractivity contribution in [3.63, 3.8) is 0 Å². The van der Waals surface area contributed by atoms with Gasteiger partial charge in [-0.25, -0.2) is 0 Å². The Morgan fingerprint density at radius 3 is 2.39 bits per heavy atom. The third-order valence-electron chi connectivity index (χ3n) is 3.14. The van der Waals surface area contributed by atoms with E-state index in [1.807, 2.05) is 32.6 Å². The fourth-order valence-corrected chi connectivity index (χ4v) is 1.98. The first kappa shape index (κ1) is 21.3. The van der Waals surface area contributed by atoms with Crippen molar-refractivity contribution < 1.29 is 14.8 Å². The Morgan fingerprint density at radius 2 is 1.96 bits per heavy atom. The molecule has 0 saturated carbocycles. The highest BCUT2D eigenvalue weighted by Gasteiger charge is 2.32. The number of ether oxygens (including phenoxy) is 1. The van der Waals surface area contributed by atoms with Gasteiger partial charge in [-0.15, -0.1) is 0 Å². The number of rotatable bonds is 3. The first-order valence-electron chi connectivity index (χ1n) is 8.07. The summed E-state index contributed by atoms with van der Waals surface area (Å²) in [6.45, 7) is 13.1. The van der Waals surface area contributed by atoms with Crippen molar-refractivity contribution in [1.29, 1.82) is 0 Å². The molecule has 0 aromatic carbocycles. The number of anilines is 1. The topological polar surface area (TPSA) is 88.7 Å². The van der Waals surface area contributed by atoms with Gasteiger partial charge < -0.3 is 24.9 Å². The smallest absolute Gasteiger partial charge is 0.363 e. The Labute approximate surface area is 138 Å². The lowest BCUT2D eigenvalue weighted by Gasteiger charge is -2.39. The number of hydrogen-bond acceptors (Lipinski definition) is 6. The second kappa shape index (κ2) is 10.1. The largest absolute Gasteiger partial charge is 0.388 e. The van der Waals surface area contributed by atoms with Crippen LogP contribution in [0.1, 0.15) is 41.5 Å². The fourth-order valence-electron chi connectivity index (χ4n) is 1.98. The first-order chi connectivity index (χ1) is 10.9. The number of nitrogens with zero attached hydrogens (tertiary/aromatic N) is 3. The van der Waals surface area contributed by atoms with Gasteiger partial charge in [0.25, 0.3) is 0 Å². The second-order valence-corrected chi connectivity index (χ2v) is 5.09. The fraction of sp³-hybridized carbons (Fsp3) is 0.688. The maximum Gasteiger partial charge on any atom is 0.363 e. The third kappa shape index (κ3) is 6.50. The quantitative estimate of drug-likeness (QED) is 0.678. The van der Waals surface area contributed by atoms with Crippen molar-refractivity contribution in [2.24, 2.45) is 0 Å². The minimum atomic E-state index is -0.924. The maximum atomic E-state index is 10.5. The number of hydrogen-bond donors (Lipinski definition) is 1. The average molecular weight is 327 g/mol. The van der Waals surface area contributed by atoms with E-state index >= 15 is 0 Å². The van der Waals surface area contributed by atoms with Crippen LogP contribution in [-0.2, 0) is 4.74 Å². The number of pyridine rings is 1. The Kier molecular flexibility index (Phi) is 9.36. The number of aromatic nitrogens is 1. The minimum absolute atomic E-state index is 0.170. The SMILES string of the molecule is CC.CC.CC(C)(O)C1CN(c2ccc([N+](=O)[O-])nc2)CCO1. The average Bonchev–Trinajstić information content (AvgIpc) is 2.58. The normalized spacial score (nSPS) is 17.3. The molecule has 1 aromatic heterocycles.